The molecule has 0 saturated heterocycles. The zero-order chi connectivity index (χ0) is 37.9. The fourth-order valence-electron chi connectivity index (χ4n) is 8.88. The van der Waals surface area contributed by atoms with Gasteiger partial charge in [-0.25, -0.2) is 9.98 Å². The van der Waals surface area contributed by atoms with Crippen LogP contribution in [0.2, 0.25) is 0 Å². The van der Waals surface area contributed by atoms with Gasteiger partial charge in [0.2, 0.25) is 0 Å². The molecule has 1 aliphatic rings. The number of fused-ring (bicyclic) bond motifs is 14. The monoisotopic (exact) mass is 779 g/mol. The summed E-state index contributed by atoms with van der Waals surface area (Å²) in [5.74, 6) is 1.41. The van der Waals surface area contributed by atoms with Crippen molar-refractivity contribution in [1.82, 2.24) is 5.32 Å². The molecule has 5 heterocycles. The van der Waals surface area contributed by atoms with Gasteiger partial charge in [0, 0.05) is 73.9 Å². The number of thiophene rings is 2. The summed E-state index contributed by atoms with van der Waals surface area (Å²) < 4.78 is 18.3. The highest BCUT2D eigenvalue weighted by Gasteiger charge is 2.29. The second-order valence-corrected chi connectivity index (χ2v) is 17.0. The van der Waals surface area contributed by atoms with E-state index in [9.17, 15) is 0 Å². The first kappa shape index (κ1) is 32.1. The highest BCUT2D eigenvalue weighted by atomic mass is 32.1. The second kappa shape index (κ2) is 12.2. The SMILES string of the molecule is c1ccc(-c2cccc(C3=NC(c4cc5c6ccccc6sc5c5c4oc4ccccc45)NC(c4cc5c6ccccc6oc5c5c4sc4ccccc45)=N3)c2)cc1. The highest BCUT2D eigenvalue weighted by molar-refractivity contribution is 7.27. The number of rotatable bonds is 4. The molecule has 12 aromatic rings. The van der Waals surface area contributed by atoms with E-state index in [1.807, 2.05) is 29.5 Å². The van der Waals surface area contributed by atoms with Gasteiger partial charge in [0.25, 0.3) is 0 Å². The second-order valence-electron chi connectivity index (χ2n) is 14.9. The van der Waals surface area contributed by atoms with Gasteiger partial charge in [-0.15, -0.1) is 22.7 Å². The van der Waals surface area contributed by atoms with E-state index in [2.05, 4.69) is 151 Å². The number of para-hydroxylation sites is 2. The first-order chi connectivity index (χ1) is 28.7. The molecular formula is C51H29N3O2S2. The first-order valence-electron chi connectivity index (χ1n) is 19.3. The minimum absolute atomic E-state index is 0.518. The van der Waals surface area contributed by atoms with E-state index in [0.717, 1.165) is 87.6 Å². The van der Waals surface area contributed by atoms with Crippen LogP contribution in [0.1, 0.15) is 22.9 Å². The molecule has 0 spiro atoms. The quantitative estimate of drug-likeness (QED) is 0.193. The van der Waals surface area contributed by atoms with Crippen LogP contribution in [0.25, 0.3) is 95.3 Å². The largest absolute Gasteiger partial charge is 0.456 e. The van der Waals surface area contributed by atoms with Gasteiger partial charge >= 0.3 is 0 Å². The van der Waals surface area contributed by atoms with Crippen LogP contribution < -0.4 is 5.32 Å². The smallest absolute Gasteiger partial charge is 0.159 e. The van der Waals surface area contributed by atoms with Gasteiger partial charge in [0.15, 0.2) is 12.0 Å². The standard InChI is InChI=1S/C51H29N3O2S2/c1-2-13-28(14-3-1)29-15-12-16-30(25-29)49-52-50(37-27-36-32-18-6-10-23-41(32)57-47(36)43-33-19-5-9-22-40(33)56-46(37)43)54-51(53-49)38-26-35-31-17-4-8-21-39(31)55-45(35)44-34-20-7-11-24-42(34)58-48(38)44/h1-27,50H,(H,52,53,54). The van der Waals surface area contributed by atoms with Crippen LogP contribution in [0.3, 0.4) is 0 Å². The Morgan fingerprint density at radius 2 is 1.09 bits per heavy atom. The van der Waals surface area contributed by atoms with Crippen molar-refractivity contribution in [3.05, 3.63) is 180 Å². The Hall–Kier alpha value is -7.06. The van der Waals surface area contributed by atoms with E-state index >= 15 is 0 Å². The van der Waals surface area contributed by atoms with Gasteiger partial charge < -0.3 is 14.2 Å². The van der Waals surface area contributed by atoms with Crippen molar-refractivity contribution in [2.75, 3.05) is 0 Å². The Balaban J connectivity index is 1.11. The highest BCUT2D eigenvalue weighted by Crippen LogP contribution is 2.47. The summed E-state index contributed by atoms with van der Waals surface area (Å²) >= 11 is 3.59. The predicted molar refractivity (Wildman–Crippen MR) is 244 cm³/mol. The summed E-state index contributed by atoms with van der Waals surface area (Å²) in [5.41, 5.74) is 8.62. The maximum absolute atomic E-state index is 6.85. The zero-order valence-corrected chi connectivity index (χ0v) is 32.3. The molecule has 1 atom stereocenters. The molecule has 1 unspecified atom stereocenters. The Labute approximate surface area is 338 Å². The van der Waals surface area contributed by atoms with E-state index in [1.165, 1.54) is 30.3 Å². The van der Waals surface area contributed by atoms with Crippen LogP contribution >= 0.6 is 22.7 Å². The summed E-state index contributed by atoms with van der Waals surface area (Å²) in [7, 11) is 0. The van der Waals surface area contributed by atoms with Crippen LogP contribution in [0.4, 0.5) is 0 Å². The lowest BCUT2D eigenvalue weighted by Gasteiger charge is -2.24. The van der Waals surface area contributed by atoms with Crippen LogP contribution in [-0.2, 0) is 0 Å². The molecule has 5 nitrogen and oxygen atoms in total. The molecule has 0 saturated carbocycles. The lowest BCUT2D eigenvalue weighted by Crippen LogP contribution is -2.33. The Bertz CT molecular complexity index is 3730. The van der Waals surface area contributed by atoms with E-state index in [4.69, 9.17) is 18.8 Å². The van der Waals surface area contributed by atoms with Crippen molar-refractivity contribution < 1.29 is 8.83 Å². The van der Waals surface area contributed by atoms with E-state index in [1.54, 1.807) is 11.3 Å². The summed E-state index contributed by atoms with van der Waals surface area (Å²) in [4.78, 5) is 10.9. The molecule has 272 valence electrons. The van der Waals surface area contributed by atoms with E-state index in [0.29, 0.717) is 5.84 Å². The van der Waals surface area contributed by atoms with Crippen LogP contribution in [0, 0.1) is 0 Å². The van der Waals surface area contributed by atoms with E-state index in [-0.39, 0.29) is 0 Å². The molecule has 1 N–H and O–H groups in total. The van der Waals surface area contributed by atoms with Crippen molar-refractivity contribution in [3.63, 3.8) is 0 Å². The molecule has 0 bridgehead atoms. The number of benzene rings is 8. The Morgan fingerprint density at radius 3 is 1.93 bits per heavy atom. The third-order valence-corrected chi connectivity index (χ3v) is 13.9. The lowest BCUT2D eigenvalue weighted by molar-refractivity contribution is 0.629. The summed E-state index contributed by atoms with van der Waals surface area (Å²) in [6.45, 7) is 0. The topological polar surface area (TPSA) is 63.0 Å². The predicted octanol–water partition coefficient (Wildman–Crippen LogP) is 14.4. The van der Waals surface area contributed by atoms with Gasteiger partial charge in [-0.3, -0.25) is 0 Å². The molecule has 7 heteroatoms. The number of furan rings is 2. The number of hydrogen-bond donors (Lipinski definition) is 1. The number of amidine groups is 2. The minimum Gasteiger partial charge on any atom is -0.456 e. The van der Waals surface area contributed by atoms with Crippen molar-refractivity contribution in [2.24, 2.45) is 9.98 Å². The Morgan fingerprint density at radius 1 is 0.466 bits per heavy atom. The van der Waals surface area contributed by atoms with Gasteiger partial charge in [-0.05, 0) is 53.6 Å². The van der Waals surface area contributed by atoms with Crippen LogP contribution in [0.5, 0.6) is 0 Å². The number of hydrogen-bond acceptors (Lipinski definition) is 7. The first-order valence-corrected chi connectivity index (χ1v) is 21.0. The fraction of sp³-hybridized carbons (Fsp3) is 0.0196. The number of nitrogens with one attached hydrogen (secondary N) is 1. The van der Waals surface area contributed by atoms with Gasteiger partial charge in [-0.1, -0.05) is 121 Å². The maximum atomic E-state index is 6.85. The van der Waals surface area contributed by atoms with Crippen molar-refractivity contribution >= 4 is 119 Å². The van der Waals surface area contributed by atoms with Crippen molar-refractivity contribution in [2.45, 2.75) is 6.17 Å². The number of nitrogens with zero attached hydrogens (tertiary/aromatic N) is 2. The van der Waals surface area contributed by atoms with Gasteiger partial charge in [0.05, 0.1) is 4.70 Å². The normalized spacial score (nSPS) is 14.7. The third kappa shape index (κ3) is 4.69. The zero-order valence-electron chi connectivity index (χ0n) is 30.7. The van der Waals surface area contributed by atoms with Gasteiger partial charge in [0.1, 0.15) is 28.2 Å². The molecule has 13 rings (SSSR count). The average molecular weight is 780 g/mol. The van der Waals surface area contributed by atoms with Crippen molar-refractivity contribution in [1.29, 1.82) is 0 Å². The fourth-order valence-corrected chi connectivity index (χ4v) is 11.3. The van der Waals surface area contributed by atoms with Crippen LogP contribution in [-0.4, -0.2) is 11.7 Å². The summed E-state index contributed by atoms with van der Waals surface area (Å²) in [6, 6.07) is 57.5. The molecule has 0 aliphatic carbocycles. The van der Waals surface area contributed by atoms with Crippen molar-refractivity contribution in [3.8, 4) is 11.1 Å². The van der Waals surface area contributed by atoms with E-state index < -0.39 is 6.17 Å². The summed E-state index contributed by atoms with van der Waals surface area (Å²) in [6.07, 6.45) is -0.518. The number of aliphatic imine (C=N–C) groups is 2. The molecule has 8 aromatic carbocycles. The molecule has 58 heavy (non-hydrogen) atoms. The third-order valence-electron chi connectivity index (χ3n) is 11.5. The van der Waals surface area contributed by atoms with Crippen LogP contribution in [0.15, 0.2) is 183 Å². The van der Waals surface area contributed by atoms with Gasteiger partial charge in [-0.2, -0.15) is 0 Å². The molecule has 4 aromatic heterocycles. The molecule has 0 radical (unpaired) electrons. The molecule has 0 fully saturated rings. The molecule has 0 amide bonds. The lowest BCUT2D eigenvalue weighted by atomic mass is 10.00. The minimum atomic E-state index is -0.518. The average Bonchev–Trinajstić information content (AvgIpc) is 4.06. The summed E-state index contributed by atoms with van der Waals surface area (Å²) in [5, 5.41) is 13.0. The Kier molecular flexibility index (Phi) is 6.76. The molecular weight excluding hydrogens is 751 g/mol. The molecule has 1 aliphatic heterocycles. The maximum Gasteiger partial charge on any atom is 0.159 e.